The van der Waals surface area contributed by atoms with Crippen LogP contribution in [0.1, 0.15) is 6.42 Å². The van der Waals surface area contributed by atoms with Crippen molar-refractivity contribution in [2.75, 3.05) is 0 Å². The number of carbonyl (C=O) groups is 1. The molecule has 1 nitrogen and oxygen atoms in total. The molecule has 1 unspecified atom stereocenters. The fourth-order valence-corrected chi connectivity index (χ4v) is 0.917. The van der Waals surface area contributed by atoms with Gasteiger partial charge in [-0.15, -0.1) is 0 Å². The molecule has 0 amide bonds. The van der Waals surface area contributed by atoms with Crippen molar-refractivity contribution in [1.29, 1.82) is 0 Å². The van der Waals surface area contributed by atoms with E-state index in [9.17, 15) is 9.18 Å². The average Bonchev–Trinajstić information content (AvgIpc) is 2.05. The molecule has 0 fully saturated rings. The molecule has 0 aromatic carbocycles. The van der Waals surface area contributed by atoms with Gasteiger partial charge < -0.3 is 4.79 Å². The average molecular weight is 140 g/mol. The first-order chi connectivity index (χ1) is 4.84. The molecule has 1 aliphatic carbocycles. The molecule has 0 bridgehead atoms. The second-order valence-electron chi connectivity index (χ2n) is 2.25. The van der Waals surface area contributed by atoms with Gasteiger partial charge in [-0.2, -0.15) is 0 Å². The van der Waals surface area contributed by atoms with Gasteiger partial charge in [0.25, 0.3) is 0 Å². The van der Waals surface area contributed by atoms with E-state index >= 15 is 0 Å². The molecule has 0 aromatic rings. The van der Waals surface area contributed by atoms with Crippen LogP contribution in [-0.2, 0) is 4.79 Å². The molecule has 1 rings (SSSR count). The van der Waals surface area contributed by atoms with Gasteiger partial charge in [0.05, 0.1) is 0 Å². The molecule has 2 heteroatoms. The summed E-state index contributed by atoms with van der Waals surface area (Å²) in [5.74, 6) is -0.328. The van der Waals surface area contributed by atoms with Crippen LogP contribution in [0.4, 0.5) is 4.39 Å². The van der Waals surface area contributed by atoms with E-state index in [-0.39, 0.29) is 5.92 Å². The molecule has 0 N–H and O–H groups in total. The lowest BCUT2D eigenvalue weighted by Gasteiger charge is -2.09. The zero-order valence-corrected chi connectivity index (χ0v) is 5.53. The number of allylic oxidation sites excluding steroid dienone is 4. The Hall–Kier alpha value is -0.920. The summed E-state index contributed by atoms with van der Waals surface area (Å²) in [4.78, 5) is 9.96. The number of rotatable bonds is 2. The largest absolute Gasteiger partial charge is 0.300 e. The lowest BCUT2D eigenvalue weighted by molar-refractivity contribution is -0.112. The van der Waals surface area contributed by atoms with Crippen LogP contribution in [0.3, 0.4) is 0 Å². The number of hydrogen-bond acceptors (Lipinski definition) is 1. The van der Waals surface area contributed by atoms with E-state index in [1.807, 2.05) is 12.2 Å². The van der Waals surface area contributed by atoms with Crippen molar-refractivity contribution < 1.29 is 9.18 Å². The van der Waals surface area contributed by atoms with Crippen molar-refractivity contribution in [3.8, 4) is 0 Å². The monoisotopic (exact) mass is 140 g/mol. The number of hydrogen-bond donors (Lipinski definition) is 0. The number of halogens is 1. The van der Waals surface area contributed by atoms with Gasteiger partial charge in [0, 0.05) is 5.92 Å². The van der Waals surface area contributed by atoms with E-state index in [1.165, 1.54) is 0 Å². The molecule has 54 valence electrons. The Morgan fingerprint density at radius 2 is 2.10 bits per heavy atom. The maximum Gasteiger partial charge on any atom is 0.165 e. The molecule has 0 heterocycles. The van der Waals surface area contributed by atoms with Crippen LogP contribution in [0.5, 0.6) is 0 Å². The first-order valence-electron chi connectivity index (χ1n) is 3.27. The molecule has 0 aromatic heterocycles. The smallest absolute Gasteiger partial charge is 0.165 e. The maximum atomic E-state index is 12.5. The van der Waals surface area contributed by atoms with E-state index < -0.39 is 6.17 Å². The lowest BCUT2D eigenvalue weighted by Crippen LogP contribution is -2.13. The summed E-state index contributed by atoms with van der Waals surface area (Å²) in [6.07, 6.45) is 6.99. The van der Waals surface area contributed by atoms with E-state index in [1.54, 1.807) is 12.2 Å². The molecule has 10 heavy (non-hydrogen) atoms. The van der Waals surface area contributed by atoms with Crippen LogP contribution in [0, 0.1) is 5.92 Å². The first kappa shape index (κ1) is 7.19. The fraction of sp³-hybridized carbons (Fsp3) is 0.375. The van der Waals surface area contributed by atoms with Crippen molar-refractivity contribution in [2.45, 2.75) is 12.6 Å². The highest BCUT2D eigenvalue weighted by Gasteiger charge is 2.14. The van der Waals surface area contributed by atoms with E-state index in [4.69, 9.17) is 0 Å². The summed E-state index contributed by atoms with van der Waals surface area (Å²) < 4.78 is 12.5. The van der Waals surface area contributed by atoms with Crippen LogP contribution in [0.25, 0.3) is 0 Å². The second kappa shape index (κ2) is 3.30. The van der Waals surface area contributed by atoms with Gasteiger partial charge in [-0.3, -0.25) is 0 Å². The third-order valence-corrected chi connectivity index (χ3v) is 1.49. The van der Waals surface area contributed by atoms with Crippen LogP contribution >= 0.6 is 0 Å². The van der Waals surface area contributed by atoms with Crippen LogP contribution in [0.2, 0.25) is 0 Å². The molecule has 0 saturated carbocycles. The summed E-state index contributed by atoms with van der Waals surface area (Å²) in [7, 11) is 0. The minimum absolute atomic E-state index is 0.328. The van der Waals surface area contributed by atoms with Gasteiger partial charge in [0.2, 0.25) is 0 Å². The minimum atomic E-state index is -1.37. The zero-order chi connectivity index (χ0) is 7.40. The normalized spacial score (nSPS) is 20.9. The number of aldehydes is 1. The maximum absolute atomic E-state index is 12.5. The highest BCUT2D eigenvalue weighted by Crippen LogP contribution is 2.14. The molecule has 1 aliphatic rings. The Bertz CT molecular complexity index is 160. The summed E-state index contributed by atoms with van der Waals surface area (Å²) in [5, 5.41) is 0. The number of alkyl halides is 1. The van der Waals surface area contributed by atoms with Gasteiger partial charge in [0.1, 0.15) is 0 Å². The van der Waals surface area contributed by atoms with Crippen LogP contribution in [-0.4, -0.2) is 12.5 Å². The Labute approximate surface area is 59.2 Å². The molecular weight excluding hydrogens is 131 g/mol. The predicted octanol–water partition coefficient (Wildman–Crippen LogP) is 1.66. The third kappa shape index (κ3) is 1.53. The highest BCUT2D eigenvalue weighted by atomic mass is 19.1. The van der Waals surface area contributed by atoms with Crippen molar-refractivity contribution >= 4 is 6.29 Å². The van der Waals surface area contributed by atoms with Gasteiger partial charge >= 0.3 is 0 Å². The standard InChI is InChI=1S/C8H9FO/c9-8(6-10)7-4-2-1-3-5-7/h2-8H,1H2. The van der Waals surface area contributed by atoms with Crippen LogP contribution in [0.15, 0.2) is 24.3 Å². The summed E-state index contributed by atoms with van der Waals surface area (Å²) in [5.41, 5.74) is 0. The van der Waals surface area contributed by atoms with E-state index in [0.29, 0.717) is 6.29 Å². The highest BCUT2D eigenvalue weighted by molar-refractivity contribution is 5.57. The molecular formula is C8H9FO. The van der Waals surface area contributed by atoms with E-state index in [2.05, 4.69) is 0 Å². The Morgan fingerprint density at radius 3 is 2.60 bits per heavy atom. The molecule has 0 aliphatic heterocycles. The molecule has 0 saturated heterocycles. The molecule has 0 spiro atoms. The SMILES string of the molecule is O=CC(F)C1C=CCC=C1. The molecule has 1 atom stereocenters. The summed E-state index contributed by atoms with van der Waals surface area (Å²) >= 11 is 0. The lowest BCUT2D eigenvalue weighted by atomic mass is 9.99. The fourth-order valence-electron chi connectivity index (χ4n) is 0.917. The number of carbonyl (C=O) groups excluding carboxylic acids is 1. The third-order valence-electron chi connectivity index (χ3n) is 1.49. The van der Waals surface area contributed by atoms with Gasteiger partial charge in [-0.1, -0.05) is 24.3 Å². The van der Waals surface area contributed by atoms with Crippen LogP contribution < -0.4 is 0 Å². The van der Waals surface area contributed by atoms with Gasteiger partial charge in [-0.25, -0.2) is 4.39 Å². The van der Waals surface area contributed by atoms with Crippen molar-refractivity contribution in [3.05, 3.63) is 24.3 Å². The summed E-state index contributed by atoms with van der Waals surface area (Å²) in [6.45, 7) is 0. The first-order valence-corrected chi connectivity index (χ1v) is 3.27. The Balaban J connectivity index is 2.54. The molecule has 0 radical (unpaired) electrons. The predicted molar refractivity (Wildman–Crippen MR) is 37.3 cm³/mol. The van der Waals surface area contributed by atoms with Crippen molar-refractivity contribution in [3.63, 3.8) is 0 Å². The second-order valence-corrected chi connectivity index (χ2v) is 2.25. The minimum Gasteiger partial charge on any atom is -0.300 e. The quantitative estimate of drug-likeness (QED) is 0.421. The van der Waals surface area contributed by atoms with Crippen molar-refractivity contribution in [1.82, 2.24) is 0 Å². The van der Waals surface area contributed by atoms with Gasteiger partial charge in [0.15, 0.2) is 12.5 Å². The van der Waals surface area contributed by atoms with E-state index in [0.717, 1.165) is 6.42 Å². The zero-order valence-electron chi connectivity index (χ0n) is 5.53. The Kier molecular flexibility index (Phi) is 2.37. The summed E-state index contributed by atoms with van der Waals surface area (Å²) in [6, 6.07) is 0. The van der Waals surface area contributed by atoms with Crippen molar-refractivity contribution in [2.24, 2.45) is 5.92 Å². The Morgan fingerprint density at radius 1 is 1.50 bits per heavy atom. The van der Waals surface area contributed by atoms with Gasteiger partial charge in [-0.05, 0) is 6.42 Å². The topological polar surface area (TPSA) is 17.1 Å².